The minimum atomic E-state index is -0.337. The van der Waals surface area contributed by atoms with E-state index in [-0.39, 0.29) is 12.0 Å². The van der Waals surface area contributed by atoms with Crippen molar-refractivity contribution in [2.24, 2.45) is 5.10 Å². The summed E-state index contributed by atoms with van der Waals surface area (Å²) in [7, 11) is 1.41. The van der Waals surface area contributed by atoms with Crippen molar-refractivity contribution in [3.05, 3.63) is 179 Å². The zero-order valence-electron chi connectivity index (χ0n) is 27.3. The lowest BCUT2D eigenvalue weighted by molar-refractivity contribution is 0.0600. The molecular weight excluding hydrogens is 603 g/mol. The van der Waals surface area contributed by atoms with E-state index in [2.05, 4.69) is 108 Å². The lowest BCUT2D eigenvalue weighted by Crippen LogP contribution is -2.18. The van der Waals surface area contributed by atoms with Crippen LogP contribution in [0.1, 0.15) is 57.2 Å². The molecule has 0 fully saturated rings. The zero-order chi connectivity index (χ0) is 33.2. The molecule has 1 aromatic heterocycles. The Morgan fingerprint density at radius 1 is 0.735 bits per heavy atom. The van der Waals surface area contributed by atoms with Crippen LogP contribution in [0.4, 0.5) is 5.69 Å². The number of nitrogens with zero attached hydrogens (tertiary/aromatic N) is 3. The van der Waals surface area contributed by atoms with Gasteiger partial charge in [0.2, 0.25) is 0 Å². The lowest BCUT2D eigenvalue weighted by atomic mass is 9.96. The molecule has 0 saturated carbocycles. The monoisotopic (exact) mass is 637 g/mol. The van der Waals surface area contributed by atoms with E-state index in [0.717, 1.165) is 69.9 Å². The molecule has 5 heteroatoms. The third-order valence-corrected chi connectivity index (χ3v) is 9.46. The van der Waals surface area contributed by atoms with Crippen molar-refractivity contribution in [2.75, 3.05) is 12.1 Å². The predicted molar refractivity (Wildman–Crippen MR) is 198 cm³/mol. The van der Waals surface area contributed by atoms with E-state index in [4.69, 9.17) is 14.8 Å². The van der Waals surface area contributed by atoms with E-state index in [1.807, 2.05) is 48.5 Å². The van der Waals surface area contributed by atoms with E-state index >= 15 is 0 Å². The molecule has 0 N–H and O–H groups in total. The van der Waals surface area contributed by atoms with Crippen molar-refractivity contribution in [3.63, 3.8) is 0 Å². The van der Waals surface area contributed by atoms with Gasteiger partial charge in [-0.3, -0.25) is 5.01 Å². The fraction of sp³-hybridized carbons (Fsp3) is 0.114. The molecular formula is C44H35N3O2. The first-order valence-electron chi connectivity index (χ1n) is 16.7. The number of carbonyl (C=O) groups is 1. The molecule has 0 amide bonds. The highest BCUT2D eigenvalue weighted by Crippen LogP contribution is 2.41. The van der Waals surface area contributed by atoms with Crippen molar-refractivity contribution in [1.29, 1.82) is 0 Å². The number of hydrazone groups is 1. The highest BCUT2D eigenvalue weighted by atomic mass is 16.5. The van der Waals surface area contributed by atoms with Gasteiger partial charge in [-0.1, -0.05) is 115 Å². The maximum atomic E-state index is 12.1. The number of hydrogen-bond acceptors (Lipinski definition) is 5. The number of rotatable bonds is 7. The summed E-state index contributed by atoms with van der Waals surface area (Å²) in [5, 5.41) is 7.32. The van der Waals surface area contributed by atoms with Crippen molar-refractivity contribution >= 4 is 29.0 Å². The molecule has 1 unspecified atom stereocenters. The number of benzene rings is 5. The average Bonchev–Trinajstić information content (AvgIpc) is 3.81. The predicted octanol–water partition coefficient (Wildman–Crippen LogP) is 10.0. The van der Waals surface area contributed by atoms with Crippen LogP contribution in [0.15, 0.2) is 151 Å². The van der Waals surface area contributed by atoms with Crippen molar-refractivity contribution in [1.82, 2.24) is 4.98 Å². The number of methoxy groups -OCH3 is 1. The van der Waals surface area contributed by atoms with Crippen LogP contribution < -0.4 is 5.01 Å². The second-order valence-corrected chi connectivity index (χ2v) is 12.5. The summed E-state index contributed by atoms with van der Waals surface area (Å²) in [4.78, 5) is 17.3. The summed E-state index contributed by atoms with van der Waals surface area (Å²) in [6, 6.07) is 50.1. The second-order valence-electron chi connectivity index (χ2n) is 12.5. The van der Waals surface area contributed by atoms with E-state index in [1.54, 1.807) is 0 Å². The minimum Gasteiger partial charge on any atom is -0.465 e. The van der Waals surface area contributed by atoms with Crippen molar-refractivity contribution in [3.8, 4) is 22.4 Å². The van der Waals surface area contributed by atoms with Gasteiger partial charge in [0.1, 0.15) is 0 Å². The summed E-state index contributed by atoms with van der Waals surface area (Å²) in [6.45, 7) is 0. The topological polar surface area (TPSA) is 54.8 Å². The molecule has 1 aliphatic carbocycles. The Hall–Kier alpha value is -6.07. The molecule has 238 valence electrons. The van der Waals surface area contributed by atoms with Gasteiger partial charge in [0.15, 0.2) is 0 Å². The van der Waals surface area contributed by atoms with Crippen LogP contribution in [-0.2, 0) is 11.2 Å². The molecule has 0 spiro atoms. The molecule has 0 radical (unpaired) electrons. The lowest BCUT2D eigenvalue weighted by Gasteiger charge is -2.24. The van der Waals surface area contributed by atoms with Crippen molar-refractivity contribution < 1.29 is 9.53 Å². The Bertz CT molecular complexity index is 2170. The fourth-order valence-electron chi connectivity index (χ4n) is 6.94. The SMILES string of the molecule is COC(=O)c1ccc(-c2cc(-c3ccccc3)nc3c2CC/C3=C\c2ccc(N3N=C(c4ccccc4)CC3c3ccccc3)cc2)cc1. The van der Waals surface area contributed by atoms with Crippen LogP contribution in [0.5, 0.6) is 0 Å². The molecule has 8 rings (SSSR count). The molecule has 2 heterocycles. The Labute approximate surface area is 286 Å². The minimum absolute atomic E-state index is 0.128. The molecule has 0 bridgehead atoms. The Kier molecular flexibility index (Phi) is 8.16. The Morgan fingerprint density at radius 3 is 2.06 bits per heavy atom. The van der Waals surface area contributed by atoms with Crippen molar-refractivity contribution in [2.45, 2.75) is 25.3 Å². The molecule has 1 atom stereocenters. The molecule has 0 saturated heterocycles. The van der Waals surface area contributed by atoms with E-state index in [0.29, 0.717) is 5.56 Å². The standard InChI is InChI=1S/C44H35N3O2/c1-49-44(48)35-21-19-31(20-22-35)39-28-40(32-11-5-2-6-12-32)45-43-36(23-26-38(39)43)27-30-17-24-37(25-18-30)47-42(34-15-9-4-10-16-34)29-41(46-47)33-13-7-3-8-14-33/h2-22,24-25,27-28,42H,23,26,29H2,1H3/b36-27+. The van der Waals surface area contributed by atoms with E-state index in [1.165, 1.54) is 23.8 Å². The van der Waals surface area contributed by atoms with Gasteiger partial charge in [-0.25, -0.2) is 9.78 Å². The fourth-order valence-corrected chi connectivity index (χ4v) is 6.94. The summed E-state index contributed by atoms with van der Waals surface area (Å²) in [6.07, 6.45) is 4.93. The van der Waals surface area contributed by atoms with Gasteiger partial charge < -0.3 is 4.74 Å². The Balaban J connectivity index is 1.14. The second kappa shape index (κ2) is 13.2. The first-order valence-corrected chi connectivity index (χ1v) is 16.7. The van der Waals surface area contributed by atoms with Gasteiger partial charge in [-0.05, 0) is 88.2 Å². The Morgan fingerprint density at radius 2 is 1.39 bits per heavy atom. The maximum Gasteiger partial charge on any atom is 0.337 e. The molecule has 6 aromatic rings. The maximum absolute atomic E-state index is 12.1. The number of carbonyl (C=O) groups excluding carboxylic acids is 1. The molecule has 49 heavy (non-hydrogen) atoms. The highest BCUT2D eigenvalue weighted by Gasteiger charge is 2.30. The van der Waals surface area contributed by atoms with Crippen LogP contribution in [0, 0.1) is 0 Å². The largest absolute Gasteiger partial charge is 0.465 e. The summed E-state index contributed by atoms with van der Waals surface area (Å²) in [5.74, 6) is -0.337. The van der Waals surface area contributed by atoms with Crippen LogP contribution >= 0.6 is 0 Å². The number of ether oxygens (including phenoxy) is 1. The normalized spacial score (nSPS) is 16.0. The third kappa shape index (κ3) is 6.07. The summed E-state index contributed by atoms with van der Waals surface area (Å²) in [5.41, 5.74) is 13.9. The van der Waals surface area contributed by atoms with Gasteiger partial charge in [0.25, 0.3) is 0 Å². The number of esters is 1. The van der Waals surface area contributed by atoms with Crippen LogP contribution in [-0.4, -0.2) is 23.8 Å². The first-order chi connectivity index (χ1) is 24.1. The van der Waals surface area contributed by atoms with Gasteiger partial charge >= 0.3 is 5.97 Å². The first kappa shape index (κ1) is 30.3. The number of pyridine rings is 1. The highest BCUT2D eigenvalue weighted by molar-refractivity contribution is 6.03. The number of aromatic nitrogens is 1. The van der Waals surface area contributed by atoms with Crippen LogP contribution in [0.25, 0.3) is 34.0 Å². The number of anilines is 1. The average molecular weight is 638 g/mol. The number of hydrogen-bond donors (Lipinski definition) is 0. The molecule has 2 aliphatic rings. The summed E-state index contributed by atoms with van der Waals surface area (Å²) < 4.78 is 4.92. The van der Waals surface area contributed by atoms with Gasteiger partial charge in [0, 0.05) is 12.0 Å². The van der Waals surface area contributed by atoms with Crippen LogP contribution in [0.2, 0.25) is 0 Å². The van der Waals surface area contributed by atoms with E-state index < -0.39 is 0 Å². The van der Waals surface area contributed by atoms with Gasteiger partial charge in [-0.15, -0.1) is 0 Å². The van der Waals surface area contributed by atoms with Gasteiger partial charge in [-0.2, -0.15) is 5.10 Å². The molecule has 5 nitrogen and oxygen atoms in total. The number of allylic oxidation sites excluding steroid dienone is 1. The van der Waals surface area contributed by atoms with Crippen LogP contribution in [0.3, 0.4) is 0 Å². The quantitative estimate of drug-likeness (QED) is 0.164. The summed E-state index contributed by atoms with van der Waals surface area (Å²) >= 11 is 0. The van der Waals surface area contributed by atoms with E-state index in [9.17, 15) is 4.79 Å². The molecule has 5 aromatic carbocycles. The smallest absolute Gasteiger partial charge is 0.337 e. The van der Waals surface area contributed by atoms with Gasteiger partial charge in [0.05, 0.1) is 41.5 Å². The number of fused-ring (bicyclic) bond motifs is 1. The molecule has 1 aliphatic heterocycles. The third-order valence-electron chi connectivity index (χ3n) is 9.46. The zero-order valence-corrected chi connectivity index (χ0v) is 27.3.